The summed E-state index contributed by atoms with van der Waals surface area (Å²) in [6, 6.07) is 7.74. The van der Waals surface area contributed by atoms with Gasteiger partial charge in [-0.1, -0.05) is 0 Å². The summed E-state index contributed by atoms with van der Waals surface area (Å²) in [5.74, 6) is 3.05. The topological polar surface area (TPSA) is 36.9 Å². The molecule has 130 valence electrons. The number of aryl methyl sites for hydroxylation is 2. The number of methoxy groups -OCH3 is 4. The Hall–Kier alpha value is -1.40. The van der Waals surface area contributed by atoms with E-state index in [0.29, 0.717) is 0 Å². The standard InChI is InChI=1S/C18H20Br2O4/c1-21-13-7-11(17(19)15(9-13)23-3)5-6-12-8-14(22-2)10-16(24-4)18(12)20/h7-10H,5-6H2,1-4H3. The summed E-state index contributed by atoms with van der Waals surface area (Å²) in [6.07, 6.45) is 1.62. The van der Waals surface area contributed by atoms with Gasteiger partial charge < -0.3 is 18.9 Å². The molecule has 0 unspecified atom stereocenters. The second-order valence-corrected chi connectivity index (χ2v) is 6.69. The van der Waals surface area contributed by atoms with Crippen LogP contribution in [0.2, 0.25) is 0 Å². The fourth-order valence-corrected chi connectivity index (χ4v) is 3.60. The van der Waals surface area contributed by atoms with Gasteiger partial charge in [0.1, 0.15) is 23.0 Å². The highest BCUT2D eigenvalue weighted by Crippen LogP contribution is 2.37. The van der Waals surface area contributed by atoms with Crippen molar-refractivity contribution in [2.75, 3.05) is 28.4 Å². The van der Waals surface area contributed by atoms with E-state index in [-0.39, 0.29) is 0 Å². The minimum atomic E-state index is 0.756. The van der Waals surface area contributed by atoms with Crippen LogP contribution < -0.4 is 18.9 Å². The molecule has 0 N–H and O–H groups in total. The van der Waals surface area contributed by atoms with Crippen LogP contribution in [0, 0.1) is 0 Å². The van der Waals surface area contributed by atoms with Crippen LogP contribution in [0.15, 0.2) is 33.2 Å². The van der Waals surface area contributed by atoms with Crippen molar-refractivity contribution in [1.82, 2.24) is 0 Å². The fraction of sp³-hybridized carbons (Fsp3) is 0.333. The van der Waals surface area contributed by atoms with Crippen LogP contribution in [0.25, 0.3) is 0 Å². The van der Waals surface area contributed by atoms with Crippen molar-refractivity contribution in [3.05, 3.63) is 44.3 Å². The molecule has 0 saturated heterocycles. The van der Waals surface area contributed by atoms with E-state index < -0.39 is 0 Å². The molecule has 0 aliphatic rings. The maximum atomic E-state index is 5.40. The van der Waals surface area contributed by atoms with Gasteiger partial charge in [-0.3, -0.25) is 0 Å². The van der Waals surface area contributed by atoms with E-state index in [9.17, 15) is 0 Å². The van der Waals surface area contributed by atoms with Crippen molar-refractivity contribution in [2.24, 2.45) is 0 Å². The van der Waals surface area contributed by atoms with Gasteiger partial charge in [0.05, 0.1) is 37.4 Å². The third-order valence-corrected chi connectivity index (χ3v) is 5.55. The average Bonchev–Trinajstić information content (AvgIpc) is 2.61. The third kappa shape index (κ3) is 4.16. The SMILES string of the molecule is COc1cc(CCc2cc(OC)cc(OC)c2Br)c(Br)c(OC)c1. The number of hydrogen-bond acceptors (Lipinski definition) is 4. The lowest BCUT2D eigenvalue weighted by atomic mass is 10.0. The summed E-state index contributed by atoms with van der Waals surface area (Å²) in [5.41, 5.74) is 2.22. The average molecular weight is 460 g/mol. The summed E-state index contributed by atoms with van der Waals surface area (Å²) >= 11 is 7.22. The van der Waals surface area contributed by atoms with E-state index in [1.54, 1.807) is 28.4 Å². The first kappa shape index (κ1) is 18.9. The van der Waals surface area contributed by atoms with Gasteiger partial charge in [-0.2, -0.15) is 0 Å². The van der Waals surface area contributed by atoms with E-state index in [0.717, 1.165) is 55.9 Å². The number of benzene rings is 2. The summed E-state index contributed by atoms with van der Waals surface area (Å²) in [4.78, 5) is 0. The molecule has 0 radical (unpaired) electrons. The van der Waals surface area contributed by atoms with Crippen molar-refractivity contribution in [2.45, 2.75) is 12.8 Å². The van der Waals surface area contributed by atoms with Crippen LogP contribution in [0.1, 0.15) is 11.1 Å². The van der Waals surface area contributed by atoms with Crippen molar-refractivity contribution in [1.29, 1.82) is 0 Å². The maximum absolute atomic E-state index is 5.40. The monoisotopic (exact) mass is 458 g/mol. The first-order valence-electron chi connectivity index (χ1n) is 7.34. The number of hydrogen-bond donors (Lipinski definition) is 0. The molecule has 0 bridgehead atoms. The Morgan fingerprint density at radius 2 is 1.00 bits per heavy atom. The molecule has 2 aromatic rings. The molecule has 0 saturated carbocycles. The molecule has 24 heavy (non-hydrogen) atoms. The zero-order chi connectivity index (χ0) is 17.7. The summed E-state index contributed by atoms with van der Waals surface area (Å²) in [5, 5.41) is 0. The van der Waals surface area contributed by atoms with E-state index >= 15 is 0 Å². The number of halogens is 2. The van der Waals surface area contributed by atoms with Gasteiger partial charge in [0.15, 0.2) is 0 Å². The second-order valence-electron chi connectivity index (χ2n) is 5.11. The molecule has 2 aromatic carbocycles. The Bertz CT molecular complexity index is 655. The normalized spacial score (nSPS) is 10.4. The summed E-state index contributed by atoms with van der Waals surface area (Å²) in [6.45, 7) is 0. The molecule has 0 atom stereocenters. The Labute approximate surface area is 159 Å². The van der Waals surface area contributed by atoms with Crippen molar-refractivity contribution < 1.29 is 18.9 Å². The van der Waals surface area contributed by atoms with Gasteiger partial charge in [-0.05, 0) is 68.0 Å². The molecular weight excluding hydrogens is 440 g/mol. The van der Waals surface area contributed by atoms with Gasteiger partial charge in [0.25, 0.3) is 0 Å². The predicted molar refractivity (Wildman–Crippen MR) is 102 cm³/mol. The zero-order valence-electron chi connectivity index (χ0n) is 14.1. The Morgan fingerprint density at radius 3 is 1.29 bits per heavy atom. The van der Waals surface area contributed by atoms with Crippen molar-refractivity contribution in [3.63, 3.8) is 0 Å². The zero-order valence-corrected chi connectivity index (χ0v) is 17.3. The van der Waals surface area contributed by atoms with E-state index in [4.69, 9.17) is 18.9 Å². The first-order valence-corrected chi connectivity index (χ1v) is 8.93. The Balaban J connectivity index is 2.31. The summed E-state index contributed by atoms with van der Waals surface area (Å²) in [7, 11) is 6.59. The highest BCUT2D eigenvalue weighted by molar-refractivity contribution is 9.11. The van der Waals surface area contributed by atoms with Gasteiger partial charge >= 0.3 is 0 Å². The minimum Gasteiger partial charge on any atom is -0.497 e. The molecule has 0 aliphatic heterocycles. The van der Waals surface area contributed by atoms with Crippen molar-refractivity contribution in [3.8, 4) is 23.0 Å². The molecule has 0 heterocycles. The highest BCUT2D eigenvalue weighted by Gasteiger charge is 2.13. The van der Waals surface area contributed by atoms with Gasteiger partial charge in [-0.15, -0.1) is 0 Å². The van der Waals surface area contributed by atoms with Crippen LogP contribution in [-0.4, -0.2) is 28.4 Å². The molecule has 0 spiro atoms. The van der Waals surface area contributed by atoms with Crippen LogP contribution in [0.3, 0.4) is 0 Å². The minimum absolute atomic E-state index is 0.756. The lowest BCUT2D eigenvalue weighted by molar-refractivity contribution is 0.390. The summed E-state index contributed by atoms with van der Waals surface area (Å²) < 4.78 is 23.4. The lowest BCUT2D eigenvalue weighted by Crippen LogP contribution is -1.99. The van der Waals surface area contributed by atoms with E-state index in [2.05, 4.69) is 31.9 Å². The van der Waals surface area contributed by atoms with Gasteiger partial charge in [0, 0.05) is 12.1 Å². The largest absolute Gasteiger partial charge is 0.497 e. The molecule has 0 amide bonds. The van der Waals surface area contributed by atoms with E-state index in [1.807, 2.05) is 24.3 Å². The Kier molecular flexibility index (Phi) is 6.80. The molecule has 0 fully saturated rings. The molecule has 6 heteroatoms. The molecule has 0 aliphatic carbocycles. The molecule has 2 rings (SSSR count). The molecular formula is C18H20Br2O4. The number of rotatable bonds is 7. The van der Waals surface area contributed by atoms with Crippen LogP contribution in [0.5, 0.6) is 23.0 Å². The maximum Gasteiger partial charge on any atom is 0.137 e. The third-order valence-electron chi connectivity index (χ3n) is 3.75. The van der Waals surface area contributed by atoms with Gasteiger partial charge in [-0.25, -0.2) is 0 Å². The van der Waals surface area contributed by atoms with Gasteiger partial charge in [0.2, 0.25) is 0 Å². The second kappa shape index (κ2) is 8.62. The lowest BCUT2D eigenvalue weighted by Gasteiger charge is -2.14. The highest BCUT2D eigenvalue weighted by atomic mass is 79.9. The van der Waals surface area contributed by atoms with Crippen molar-refractivity contribution >= 4 is 31.9 Å². The van der Waals surface area contributed by atoms with Crippen LogP contribution in [0.4, 0.5) is 0 Å². The van der Waals surface area contributed by atoms with Crippen LogP contribution in [-0.2, 0) is 12.8 Å². The fourth-order valence-electron chi connectivity index (χ4n) is 2.42. The first-order chi connectivity index (χ1) is 11.5. The molecule has 0 aromatic heterocycles. The Morgan fingerprint density at radius 1 is 0.625 bits per heavy atom. The quantitative estimate of drug-likeness (QED) is 0.581. The molecule has 4 nitrogen and oxygen atoms in total. The predicted octanol–water partition coefficient (Wildman–Crippen LogP) is 5.03. The van der Waals surface area contributed by atoms with Crippen LogP contribution >= 0.6 is 31.9 Å². The van der Waals surface area contributed by atoms with E-state index in [1.165, 1.54) is 0 Å². The smallest absolute Gasteiger partial charge is 0.137 e. The number of ether oxygens (including phenoxy) is 4.